The molecule has 1 heterocycles. The zero-order valence-corrected chi connectivity index (χ0v) is 10.1. The first kappa shape index (κ1) is 13.1. The fourth-order valence-electron chi connectivity index (χ4n) is 1.33. The summed E-state index contributed by atoms with van der Waals surface area (Å²) in [6.07, 6.45) is 4.55. The molecule has 1 aromatic rings. The van der Waals surface area contributed by atoms with Gasteiger partial charge < -0.3 is 10.7 Å². The maximum Gasteiger partial charge on any atom is 0.212 e. The lowest BCUT2D eigenvalue weighted by molar-refractivity contribution is 0.557. The van der Waals surface area contributed by atoms with Gasteiger partial charge in [0.1, 0.15) is 5.82 Å². The van der Waals surface area contributed by atoms with Crippen molar-refractivity contribution in [2.75, 3.05) is 12.3 Å². The first-order valence-corrected chi connectivity index (χ1v) is 6.90. The van der Waals surface area contributed by atoms with E-state index >= 15 is 0 Å². The summed E-state index contributed by atoms with van der Waals surface area (Å²) in [6, 6.07) is -0.335. The number of nitrogens with one attached hydrogen (secondary N) is 2. The molecule has 0 aliphatic carbocycles. The van der Waals surface area contributed by atoms with Crippen LogP contribution in [-0.4, -0.2) is 30.7 Å². The van der Waals surface area contributed by atoms with Gasteiger partial charge in [-0.25, -0.2) is 18.1 Å². The van der Waals surface area contributed by atoms with Crippen LogP contribution in [-0.2, 0) is 10.0 Å². The minimum Gasteiger partial charge on any atom is -0.347 e. The van der Waals surface area contributed by atoms with Gasteiger partial charge in [0.05, 0.1) is 11.8 Å². The Morgan fingerprint density at radius 3 is 2.88 bits per heavy atom. The van der Waals surface area contributed by atoms with Gasteiger partial charge in [-0.15, -0.1) is 0 Å². The summed E-state index contributed by atoms with van der Waals surface area (Å²) < 4.78 is 25.8. The lowest BCUT2D eigenvalue weighted by atomic mass is 10.3. The predicted octanol–water partition coefficient (Wildman–Crippen LogP) is 0.129. The number of nitrogens with two attached hydrogens (primary N) is 1. The maximum atomic E-state index is 11.6. The van der Waals surface area contributed by atoms with Gasteiger partial charge in [-0.1, -0.05) is 0 Å². The zero-order chi connectivity index (χ0) is 12.0. The van der Waals surface area contributed by atoms with Gasteiger partial charge in [-0.2, -0.15) is 0 Å². The number of hydrogen-bond donors (Lipinski definition) is 3. The second kappa shape index (κ2) is 5.97. The van der Waals surface area contributed by atoms with Gasteiger partial charge in [0.15, 0.2) is 0 Å². The van der Waals surface area contributed by atoms with Gasteiger partial charge in [0, 0.05) is 12.4 Å². The number of hydrogen-bond acceptors (Lipinski definition) is 4. The topological polar surface area (TPSA) is 101 Å². The largest absolute Gasteiger partial charge is 0.347 e. The Bertz CT molecular complexity index is 388. The Labute approximate surface area is 95.7 Å². The van der Waals surface area contributed by atoms with Crippen molar-refractivity contribution in [3.05, 3.63) is 18.2 Å². The van der Waals surface area contributed by atoms with Crippen molar-refractivity contribution < 1.29 is 8.42 Å². The van der Waals surface area contributed by atoms with Crippen LogP contribution in [0.2, 0.25) is 0 Å². The smallest absolute Gasteiger partial charge is 0.212 e. The average molecular weight is 246 g/mol. The van der Waals surface area contributed by atoms with Crippen molar-refractivity contribution in [3.63, 3.8) is 0 Å². The second-order valence-corrected chi connectivity index (χ2v) is 5.50. The van der Waals surface area contributed by atoms with E-state index in [9.17, 15) is 8.42 Å². The SMILES string of the molecule is CC(NS(=O)(=O)CCCCN)c1ncc[nH]1. The van der Waals surface area contributed by atoms with Gasteiger partial charge >= 0.3 is 0 Å². The zero-order valence-electron chi connectivity index (χ0n) is 9.31. The number of imidazole rings is 1. The van der Waals surface area contributed by atoms with Crippen LogP contribution in [0.5, 0.6) is 0 Å². The Morgan fingerprint density at radius 1 is 1.56 bits per heavy atom. The Hall–Kier alpha value is -0.920. The first-order chi connectivity index (χ1) is 7.55. The fraction of sp³-hybridized carbons (Fsp3) is 0.667. The monoisotopic (exact) mass is 246 g/mol. The van der Waals surface area contributed by atoms with Gasteiger partial charge in [-0.3, -0.25) is 0 Å². The number of sulfonamides is 1. The molecule has 16 heavy (non-hydrogen) atoms. The van der Waals surface area contributed by atoms with Crippen molar-refractivity contribution in [3.8, 4) is 0 Å². The highest BCUT2D eigenvalue weighted by atomic mass is 32.2. The normalized spacial score (nSPS) is 13.9. The summed E-state index contributed by atoms with van der Waals surface area (Å²) in [5.41, 5.74) is 5.31. The molecule has 4 N–H and O–H groups in total. The predicted molar refractivity (Wildman–Crippen MR) is 62.2 cm³/mol. The van der Waals surface area contributed by atoms with E-state index in [0.717, 1.165) is 6.42 Å². The molecule has 92 valence electrons. The quantitative estimate of drug-likeness (QED) is 0.595. The molecular weight excluding hydrogens is 228 g/mol. The molecule has 1 atom stereocenters. The van der Waals surface area contributed by atoms with E-state index < -0.39 is 10.0 Å². The summed E-state index contributed by atoms with van der Waals surface area (Å²) in [4.78, 5) is 6.86. The maximum absolute atomic E-state index is 11.6. The summed E-state index contributed by atoms with van der Waals surface area (Å²) in [6.45, 7) is 2.27. The van der Waals surface area contributed by atoms with Crippen LogP contribution in [0.4, 0.5) is 0 Å². The van der Waals surface area contributed by atoms with E-state index in [2.05, 4.69) is 14.7 Å². The molecule has 1 unspecified atom stereocenters. The lowest BCUT2D eigenvalue weighted by Crippen LogP contribution is -2.29. The minimum atomic E-state index is -3.24. The van der Waals surface area contributed by atoms with E-state index in [0.29, 0.717) is 18.8 Å². The number of rotatable bonds is 7. The summed E-state index contributed by atoms with van der Waals surface area (Å²) in [5, 5.41) is 0. The van der Waals surface area contributed by atoms with Crippen LogP contribution in [0.1, 0.15) is 31.6 Å². The van der Waals surface area contributed by atoms with Crippen LogP contribution in [0.15, 0.2) is 12.4 Å². The van der Waals surface area contributed by atoms with Gasteiger partial charge in [0.25, 0.3) is 0 Å². The van der Waals surface area contributed by atoms with Crippen LogP contribution in [0.25, 0.3) is 0 Å². The Morgan fingerprint density at radius 2 is 2.31 bits per heavy atom. The summed E-state index contributed by atoms with van der Waals surface area (Å²) >= 11 is 0. The van der Waals surface area contributed by atoms with Crippen LogP contribution in [0.3, 0.4) is 0 Å². The van der Waals surface area contributed by atoms with E-state index in [1.54, 1.807) is 19.3 Å². The van der Waals surface area contributed by atoms with Crippen molar-refractivity contribution in [1.82, 2.24) is 14.7 Å². The van der Waals surface area contributed by atoms with Crippen molar-refractivity contribution in [1.29, 1.82) is 0 Å². The van der Waals surface area contributed by atoms with E-state index in [4.69, 9.17) is 5.73 Å². The third-order valence-electron chi connectivity index (χ3n) is 2.15. The lowest BCUT2D eigenvalue weighted by Gasteiger charge is -2.11. The standard InChI is InChI=1S/C9H18N4O2S/c1-8(9-11-5-6-12-9)13-16(14,15)7-3-2-4-10/h5-6,8,13H,2-4,7,10H2,1H3,(H,11,12). The first-order valence-electron chi connectivity index (χ1n) is 5.24. The molecule has 0 amide bonds. The molecule has 0 aromatic carbocycles. The number of aromatic amines is 1. The summed E-state index contributed by atoms with van der Waals surface area (Å²) in [5.74, 6) is 0.720. The molecule has 1 aromatic heterocycles. The van der Waals surface area contributed by atoms with Crippen LogP contribution < -0.4 is 10.5 Å². The fourth-order valence-corrected chi connectivity index (χ4v) is 2.69. The molecule has 0 saturated carbocycles. The molecular formula is C9H18N4O2S. The van der Waals surface area contributed by atoms with Gasteiger partial charge in [-0.05, 0) is 26.3 Å². The number of unbranched alkanes of at least 4 members (excludes halogenated alkanes) is 1. The van der Waals surface area contributed by atoms with Crippen molar-refractivity contribution in [2.24, 2.45) is 5.73 Å². The molecule has 0 aliphatic rings. The van der Waals surface area contributed by atoms with E-state index in [1.807, 2.05) is 0 Å². The highest BCUT2D eigenvalue weighted by molar-refractivity contribution is 7.89. The molecule has 0 radical (unpaired) electrons. The average Bonchev–Trinajstić information content (AvgIpc) is 2.69. The number of aromatic nitrogens is 2. The van der Waals surface area contributed by atoms with Crippen LogP contribution in [0, 0.1) is 0 Å². The minimum absolute atomic E-state index is 0.106. The molecule has 0 spiro atoms. The van der Waals surface area contributed by atoms with Crippen molar-refractivity contribution in [2.45, 2.75) is 25.8 Å². The Kier molecular flexibility index (Phi) is 4.91. The number of nitrogens with zero attached hydrogens (tertiary/aromatic N) is 1. The van der Waals surface area contributed by atoms with Crippen molar-refractivity contribution >= 4 is 10.0 Å². The third kappa shape index (κ3) is 4.30. The third-order valence-corrected chi connectivity index (χ3v) is 3.69. The summed E-state index contributed by atoms with van der Waals surface area (Å²) in [7, 11) is -3.24. The second-order valence-electron chi connectivity index (χ2n) is 3.63. The molecule has 1 rings (SSSR count). The van der Waals surface area contributed by atoms with Crippen LogP contribution >= 0.6 is 0 Å². The highest BCUT2D eigenvalue weighted by Gasteiger charge is 2.16. The number of H-pyrrole nitrogens is 1. The molecule has 0 bridgehead atoms. The molecule has 0 saturated heterocycles. The molecule has 0 fully saturated rings. The highest BCUT2D eigenvalue weighted by Crippen LogP contribution is 2.07. The van der Waals surface area contributed by atoms with E-state index in [-0.39, 0.29) is 11.8 Å². The van der Waals surface area contributed by atoms with Gasteiger partial charge in [0.2, 0.25) is 10.0 Å². The molecule has 7 heteroatoms. The van der Waals surface area contributed by atoms with E-state index in [1.165, 1.54) is 0 Å². The molecule has 6 nitrogen and oxygen atoms in total. The Balaban J connectivity index is 2.46. The molecule has 0 aliphatic heterocycles.